The van der Waals surface area contributed by atoms with Crippen LogP contribution in [0.3, 0.4) is 0 Å². The van der Waals surface area contributed by atoms with Gasteiger partial charge in [-0.2, -0.15) is 0 Å². The van der Waals surface area contributed by atoms with Crippen LogP contribution < -0.4 is 0 Å². The number of fused-ring (bicyclic) bond motifs is 5. The van der Waals surface area contributed by atoms with Gasteiger partial charge in [0.05, 0.1) is 19.3 Å². The zero-order chi connectivity index (χ0) is 29.3. The Kier molecular flexibility index (Phi) is 9.82. The summed E-state index contributed by atoms with van der Waals surface area (Å²) in [5.74, 6) is 2.90. The Morgan fingerprint density at radius 3 is 2.38 bits per heavy atom. The van der Waals surface area contributed by atoms with E-state index in [-0.39, 0.29) is 35.6 Å². The maximum atomic E-state index is 11.3. The van der Waals surface area contributed by atoms with E-state index in [0.717, 1.165) is 54.8 Å². The lowest BCUT2D eigenvalue weighted by Gasteiger charge is -2.58. The van der Waals surface area contributed by atoms with Crippen molar-refractivity contribution in [3.63, 3.8) is 0 Å². The zero-order valence-corrected chi connectivity index (χ0v) is 26.0. The summed E-state index contributed by atoms with van der Waals surface area (Å²) in [7, 11) is 3.91. The second-order valence-corrected chi connectivity index (χ2v) is 15.2. The highest BCUT2D eigenvalue weighted by atomic mass is 16.5. The molecule has 3 fully saturated rings. The van der Waals surface area contributed by atoms with Gasteiger partial charge in [-0.05, 0) is 97.7 Å². The van der Waals surface area contributed by atoms with E-state index >= 15 is 0 Å². The predicted molar refractivity (Wildman–Crippen MR) is 158 cm³/mol. The molecule has 0 radical (unpaired) electrons. The second kappa shape index (κ2) is 12.5. The zero-order valence-electron chi connectivity index (χ0n) is 26.0. The molecule has 0 heterocycles. The number of quaternary nitrogens is 1. The minimum absolute atomic E-state index is 0.121. The fourth-order valence-electron chi connectivity index (χ4n) is 10.00. The monoisotopic (exact) mass is 559 g/mol. The molecule has 8 unspecified atom stereocenters. The molecule has 8 atom stereocenters. The summed E-state index contributed by atoms with van der Waals surface area (Å²) >= 11 is 0. The molecule has 3 saturated carbocycles. The largest absolute Gasteiger partial charge is 0.477 e. The molecule has 0 aliphatic heterocycles. The third kappa shape index (κ3) is 6.64. The quantitative estimate of drug-likeness (QED) is 0.142. The topological polar surface area (TPSA) is 83.8 Å². The molecular formula is C34H57NO5. The van der Waals surface area contributed by atoms with Gasteiger partial charge in [-0.25, -0.2) is 9.59 Å². The van der Waals surface area contributed by atoms with Crippen molar-refractivity contribution in [3.8, 4) is 0 Å². The highest BCUT2D eigenvalue weighted by molar-refractivity contribution is 5.70. The van der Waals surface area contributed by atoms with Gasteiger partial charge in [0.1, 0.15) is 0 Å². The molecule has 0 aromatic heterocycles. The minimum Gasteiger partial charge on any atom is -0.477 e. The standard InChI is InChI=1S/C34H57NO5/c1-23(2)8-7-9-24(3)28-12-13-29-27-11-10-25-20-26(14-16-33(25,4)30(27)15-17-34(28,29)5)40-19-18-35(6,21-31(36)37)22-32(38)39/h10,23-24,26-30H,6-9,11-22H2,1-5H3,(H,36,37)(H,38,39). The maximum Gasteiger partial charge on any atom is 0.357 e. The molecule has 0 aromatic rings. The Balaban J connectivity index is 1.36. The van der Waals surface area contributed by atoms with Crippen LogP contribution >= 0.6 is 0 Å². The van der Waals surface area contributed by atoms with Crippen molar-refractivity contribution in [2.45, 2.75) is 111 Å². The first-order chi connectivity index (χ1) is 18.8. The van der Waals surface area contributed by atoms with E-state index < -0.39 is 11.9 Å². The Labute approximate surface area is 243 Å². The normalized spacial score (nSPS) is 36.4. The fraction of sp³-hybridized carbons (Fsp3) is 0.853. The summed E-state index contributed by atoms with van der Waals surface area (Å²) in [6, 6.07) is 0. The van der Waals surface area contributed by atoms with E-state index in [9.17, 15) is 19.8 Å². The average molecular weight is 560 g/mol. The molecule has 0 amide bonds. The lowest BCUT2D eigenvalue weighted by molar-refractivity contribution is -0.871. The Morgan fingerprint density at radius 2 is 1.73 bits per heavy atom. The first-order valence-electron chi connectivity index (χ1n) is 16.2. The molecule has 228 valence electrons. The number of hydrogen-bond donors (Lipinski definition) is 2. The van der Waals surface area contributed by atoms with Crippen LogP contribution in [0, 0.1) is 53.4 Å². The highest BCUT2D eigenvalue weighted by Gasteiger charge is 2.59. The molecule has 4 rings (SSSR count). The molecule has 6 nitrogen and oxygen atoms in total. The number of nitrogens with zero attached hydrogens (tertiary/aromatic N) is 1. The Bertz CT molecular complexity index is 929. The molecule has 4 aliphatic rings. The van der Waals surface area contributed by atoms with Crippen LogP contribution in [0.2, 0.25) is 0 Å². The van der Waals surface area contributed by atoms with Crippen molar-refractivity contribution >= 4 is 11.9 Å². The molecule has 0 spiro atoms. The van der Waals surface area contributed by atoms with Gasteiger partial charge in [0.25, 0.3) is 0 Å². The summed E-state index contributed by atoms with van der Waals surface area (Å²) in [5, 5.41) is 18.5. The number of ether oxygens (including phenoxy) is 1. The number of allylic oxidation sites excluding steroid dienone is 1. The number of aliphatic carboxylic acids is 2. The van der Waals surface area contributed by atoms with E-state index in [1.807, 2.05) is 0 Å². The van der Waals surface area contributed by atoms with Gasteiger partial charge in [0.15, 0.2) is 13.1 Å². The third-order valence-corrected chi connectivity index (χ3v) is 12.1. The van der Waals surface area contributed by atoms with E-state index in [1.165, 1.54) is 51.4 Å². The van der Waals surface area contributed by atoms with Crippen LogP contribution in [0.15, 0.2) is 11.6 Å². The minimum atomic E-state index is -1.04. The van der Waals surface area contributed by atoms with Crippen molar-refractivity contribution in [1.82, 2.24) is 0 Å². The molecule has 2 N–H and O–H groups in total. The third-order valence-electron chi connectivity index (χ3n) is 12.1. The summed E-state index contributed by atoms with van der Waals surface area (Å²) < 4.78 is 5.97. The molecule has 4 aliphatic carbocycles. The van der Waals surface area contributed by atoms with Gasteiger partial charge in [-0.3, -0.25) is 0 Å². The molecular weight excluding hydrogens is 502 g/mol. The Hall–Kier alpha value is -1.40. The maximum absolute atomic E-state index is 11.3. The van der Waals surface area contributed by atoms with Gasteiger partial charge < -0.3 is 19.4 Å². The van der Waals surface area contributed by atoms with Crippen LogP contribution in [-0.2, 0) is 14.3 Å². The van der Waals surface area contributed by atoms with E-state index in [4.69, 9.17) is 4.74 Å². The fourth-order valence-corrected chi connectivity index (χ4v) is 10.00. The van der Waals surface area contributed by atoms with Crippen LogP contribution in [0.1, 0.15) is 105 Å². The van der Waals surface area contributed by atoms with E-state index in [1.54, 1.807) is 5.57 Å². The first-order valence-corrected chi connectivity index (χ1v) is 16.2. The van der Waals surface area contributed by atoms with Crippen LogP contribution in [0.5, 0.6) is 0 Å². The summed E-state index contributed by atoms with van der Waals surface area (Å²) in [5.41, 5.74) is 2.35. The van der Waals surface area contributed by atoms with Gasteiger partial charge in [0, 0.05) is 0 Å². The lowest BCUT2D eigenvalue weighted by Crippen LogP contribution is -2.52. The van der Waals surface area contributed by atoms with Crippen molar-refractivity contribution in [3.05, 3.63) is 18.7 Å². The molecule has 0 bridgehead atoms. The van der Waals surface area contributed by atoms with Crippen molar-refractivity contribution in [2.75, 3.05) is 26.2 Å². The van der Waals surface area contributed by atoms with Gasteiger partial charge >= 0.3 is 11.9 Å². The van der Waals surface area contributed by atoms with Gasteiger partial charge in [0.2, 0.25) is 0 Å². The average Bonchev–Trinajstić information content (AvgIpc) is 3.20. The number of carboxylic acid groups (broad SMARTS) is 2. The van der Waals surface area contributed by atoms with Crippen LogP contribution in [0.4, 0.5) is 0 Å². The number of carbonyl (C=O) groups is 2. The second-order valence-electron chi connectivity index (χ2n) is 15.2. The van der Waals surface area contributed by atoms with E-state index in [0.29, 0.717) is 12.0 Å². The van der Waals surface area contributed by atoms with Crippen LogP contribution in [0.25, 0.3) is 0 Å². The molecule has 0 saturated heterocycles. The lowest BCUT2D eigenvalue weighted by atomic mass is 9.47. The highest BCUT2D eigenvalue weighted by Crippen LogP contribution is 2.67. The van der Waals surface area contributed by atoms with Crippen molar-refractivity contribution < 1.29 is 29.0 Å². The summed E-state index contributed by atoms with van der Waals surface area (Å²) in [4.78, 5) is 22.6. The molecule has 6 heteroatoms. The van der Waals surface area contributed by atoms with Gasteiger partial charge in [-0.1, -0.05) is 65.5 Å². The van der Waals surface area contributed by atoms with Gasteiger partial charge in [-0.15, -0.1) is 7.05 Å². The number of hydrogen-bond acceptors (Lipinski definition) is 3. The SMILES string of the molecule is [CH2-][N+](CCOC1CCC2(C)C(=CCC3C2CCC2(C)C(C(C)CCCC(C)C)CCC32)C1)(CC(=O)O)CC(=O)O. The van der Waals surface area contributed by atoms with Crippen molar-refractivity contribution in [1.29, 1.82) is 0 Å². The Morgan fingerprint density at radius 1 is 1.02 bits per heavy atom. The summed E-state index contributed by atoms with van der Waals surface area (Å²) in [6.07, 6.45) is 16.8. The smallest absolute Gasteiger partial charge is 0.357 e. The number of rotatable bonds is 13. The van der Waals surface area contributed by atoms with Crippen LogP contribution in [-0.4, -0.2) is 59.0 Å². The number of carboxylic acids is 2. The molecule has 40 heavy (non-hydrogen) atoms. The van der Waals surface area contributed by atoms with E-state index in [2.05, 4.69) is 47.7 Å². The summed E-state index contributed by atoms with van der Waals surface area (Å²) in [6.45, 7) is 12.4. The van der Waals surface area contributed by atoms with Crippen molar-refractivity contribution in [2.24, 2.45) is 46.3 Å². The first kappa shape index (κ1) is 31.5. The predicted octanol–water partition coefficient (Wildman–Crippen LogP) is 7.19. The molecule has 0 aromatic carbocycles.